The first-order chi connectivity index (χ1) is 7.59. The Balaban J connectivity index is 3.00. The van der Waals surface area contributed by atoms with E-state index in [2.05, 4.69) is 19.2 Å². The normalized spacial score (nSPS) is 17.1. The van der Waals surface area contributed by atoms with Gasteiger partial charge >= 0.3 is 0 Å². The largest absolute Gasteiger partial charge is 0.374 e. The molecule has 92 valence electrons. The summed E-state index contributed by atoms with van der Waals surface area (Å²) in [6.07, 6.45) is 0.945. The van der Waals surface area contributed by atoms with E-state index < -0.39 is 0 Å². The van der Waals surface area contributed by atoms with Crippen molar-refractivity contribution in [2.24, 2.45) is 0 Å². The van der Waals surface area contributed by atoms with E-state index in [1.54, 1.807) is 11.3 Å². The van der Waals surface area contributed by atoms with Crippen LogP contribution in [0.15, 0.2) is 11.4 Å². The highest BCUT2D eigenvalue weighted by Gasteiger charge is 2.35. The Bertz CT molecular complexity index is 329. The van der Waals surface area contributed by atoms with Crippen LogP contribution >= 0.6 is 22.9 Å². The Hall–Kier alpha value is -0.0900. The van der Waals surface area contributed by atoms with Gasteiger partial charge in [0.1, 0.15) is 0 Å². The van der Waals surface area contributed by atoms with E-state index in [1.807, 2.05) is 25.4 Å². The predicted octanol–water partition coefficient (Wildman–Crippen LogP) is 3.87. The molecule has 0 amide bonds. The molecule has 2 nitrogen and oxygen atoms in total. The summed E-state index contributed by atoms with van der Waals surface area (Å²) in [6, 6.07) is 2.08. The van der Waals surface area contributed by atoms with Crippen LogP contribution in [-0.4, -0.2) is 19.3 Å². The monoisotopic (exact) mass is 261 g/mol. The van der Waals surface area contributed by atoms with Crippen molar-refractivity contribution in [3.8, 4) is 0 Å². The van der Waals surface area contributed by atoms with Crippen molar-refractivity contribution in [2.75, 3.05) is 13.7 Å². The van der Waals surface area contributed by atoms with Gasteiger partial charge in [-0.15, -0.1) is 11.3 Å². The maximum atomic E-state index is 6.19. The Morgan fingerprint density at radius 2 is 2.25 bits per heavy atom. The number of thiophene rings is 1. The lowest BCUT2D eigenvalue weighted by Gasteiger charge is -2.36. The van der Waals surface area contributed by atoms with Crippen molar-refractivity contribution in [3.63, 3.8) is 0 Å². The molecular weight excluding hydrogens is 242 g/mol. The van der Waals surface area contributed by atoms with Crippen molar-refractivity contribution >= 4 is 22.9 Å². The molecule has 0 aliphatic carbocycles. The van der Waals surface area contributed by atoms with Crippen LogP contribution in [0.4, 0.5) is 0 Å². The van der Waals surface area contributed by atoms with E-state index >= 15 is 0 Å². The number of nitrogens with one attached hydrogen (secondary N) is 1. The fraction of sp³-hybridized carbons (Fsp3) is 0.667. The van der Waals surface area contributed by atoms with Gasteiger partial charge in [0, 0.05) is 11.5 Å². The topological polar surface area (TPSA) is 21.3 Å². The van der Waals surface area contributed by atoms with Crippen LogP contribution in [0.1, 0.15) is 38.1 Å². The van der Waals surface area contributed by atoms with E-state index in [9.17, 15) is 0 Å². The van der Waals surface area contributed by atoms with Gasteiger partial charge in [0.25, 0.3) is 0 Å². The molecule has 2 atom stereocenters. The molecule has 0 aliphatic heterocycles. The third kappa shape index (κ3) is 2.77. The molecular formula is C12H20ClNOS. The summed E-state index contributed by atoms with van der Waals surface area (Å²) < 4.78 is 5.90. The SMILES string of the molecule is CCOC(C)(CC)C(NC)c1sccc1Cl. The average Bonchev–Trinajstić information content (AvgIpc) is 2.66. The third-order valence-electron chi connectivity index (χ3n) is 2.98. The zero-order valence-corrected chi connectivity index (χ0v) is 11.9. The third-order valence-corrected chi connectivity index (χ3v) is 4.41. The number of ether oxygens (including phenoxy) is 1. The first kappa shape index (κ1) is 14.0. The fourth-order valence-corrected chi connectivity index (χ4v) is 3.36. The summed E-state index contributed by atoms with van der Waals surface area (Å²) in [5, 5.41) is 6.16. The Morgan fingerprint density at radius 1 is 1.56 bits per heavy atom. The van der Waals surface area contributed by atoms with E-state index in [4.69, 9.17) is 16.3 Å². The molecule has 0 saturated heterocycles. The van der Waals surface area contributed by atoms with Crippen molar-refractivity contribution < 1.29 is 4.74 Å². The first-order valence-electron chi connectivity index (χ1n) is 5.63. The zero-order valence-electron chi connectivity index (χ0n) is 10.3. The van der Waals surface area contributed by atoms with E-state index in [0.29, 0.717) is 6.61 Å². The molecule has 1 aromatic rings. The minimum Gasteiger partial charge on any atom is -0.374 e. The number of hydrogen-bond donors (Lipinski definition) is 1. The van der Waals surface area contributed by atoms with Crippen molar-refractivity contribution in [2.45, 2.75) is 38.8 Å². The molecule has 4 heteroatoms. The second-order valence-corrected chi connectivity index (χ2v) is 5.31. The maximum absolute atomic E-state index is 6.19. The van der Waals surface area contributed by atoms with Crippen LogP contribution in [0.2, 0.25) is 5.02 Å². The van der Waals surface area contributed by atoms with Crippen LogP contribution in [0.5, 0.6) is 0 Å². The van der Waals surface area contributed by atoms with Gasteiger partial charge in [-0.1, -0.05) is 18.5 Å². The van der Waals surface area contributed by atoms with Gasteiger partial charge < -0.3 is 10.1 Å². The van der Waals surface area contributed by atoms with E-state index in [-0.39, 0.29) is 11.6 Å². The standard InChI is InChI=1S/C12H20ClNOS/c1-5-12(3,15-6-2)11(14-4)10-9(13)7-8-16-10/h7-8,11,14H,5-6H2,1-4H3. The Kier molecular flexibility index (Phi) is 5.25. The maximum Gasteiger partial charge on any atom is 0.0854 e. The van der Waals surface area contributed by atoms with Crippen LogP contribution in [0.25, 0.3) is 0 Å². The lowest BCUT2D eigenvalue weighted by molar-refractivity contribution is -0.0538. The van der Waals surface area contributed by atoms with E-state index in [0.717, 1.165) is 16.3 Å². The predicted molar refractivity (Wildman–Crippen MR) is 71.5 cm³/mol. The fourth-order valence-electron chi connectivity index (χ4n) is 1.94. The average molecular weight is 262 g/mol. The molecule has 0 aliphatic rings. The van der Waals surface area contributed by atoms with Gasteiger partial charge in [-0.25, -0.2) is 0 Å². The highest BCUT2D eigenvalue weighted by molar-refractivity contribution is 7.10. The molecule has 0 saturated carbocycles. The van der Waals surface area contributed by atoms with Gasteiger partial charge in [-0.3, -0.25) is 0 Å². The first-order valence-corrected chi connectivity index (χ1v) is 6.89. The van der Waals surface area contributed by atoms with E-state index in [1.165, 1.54) is 0 Å². The molecule has 1 aromatic heterocycles. The number of likely N-dealkylation sites (N-methyl/N-ethyl adjacent to an activating group) is 1. The van der Waals surface area contributed by atoms with Crippen molar-refractivity contribution in [1.29, 1.82) is 0 Å². The molecule has 2 unspecified atom stereocenters. The Morgan fingerprint density at radius 3 is 2.62 bits per heavy atom. The van der Waals surface area contributed by atoms with Crippen molar-refractivity contribution in [3.05, 3.63) is 21.3 Å². The van der Waals surface area contributed by atoms with Gasteiger partial charge in [-0.2, -0.15) is 0 Å². The van der Waals surface area contributed by atoms with Crippen LogP contribution in [0.3, 0.4) is 0 Å². The summed E-state index contributed by atoms with van der Waals surface area (Å²) in [5.41, 5.74) is -0.210. The lowest BCUT2D eigenvalue weighted by atomic mass is 9.92. The minimum atomic E-state index is -0.210. The number of halogens is 1. The Labute approximate surface area is 107 Å². The van der Waals surface area contributed by atoms with Gasteiger partial charge in [0.15, 0.2) is 0 Å². The molecule has 1 rings (SSSR count). The molecule has 0 bridgehead atoms. The molecule has 16 heavy (non-hydrogen) atoms. The van der Waals surface area contributed by atoms with Crippen LogP contribution in [0, 0.1) is 0 Å². The summed E-state index contributed by atoms with van der Waals surface area (Å²) >= 11 is 7.87. The molecule has 0 spiro atoms. The summed E-state index contributed by atoms with van der Waals surface area (Å²) in [4.78, 5) is 1.15. The molecule has 1 N–H and O–H groups in total. The minimum absolute atomic E-state index is 0.143. The summed E-state index contributed by atoms with van der Waals surface area (Å²) in [6.45, 7) is 7.01. The smallest absolute Gasteiger partial charge is 0.0854 e. The van der Waals surface area contributed by atoms with Gasteiger partial charge in [0.2, 0.25) is 0 Å². The highest BCUT2D eigenvalue weighted by atomic mass is 35.5. The van der Waals surface area contributed by atoms with Crippen molar-refractivity contribution in [1.82, 2.24) is 5.32 Å². The quantitative estimate of drug-likeness (QED) is 0.840. The zero-order chi connectivity index (χ0) is 12.2. The summed E-state index contributed by atoms with van der Waals surface area (Å²) in [5.74, 6) is 0. The summed E-state index contributed by atoms with van der Waals surface area (Å²) in [7, 11) is 1.95. The van der Waals surface area contributed by atoms with Gasteiger partial charge in [0.05, 0.1) is 16.7 Å². The van der Waals surface area contributed by atoms with Gasteiger partial charge in [-0.05, 0) is 38.8 Å². The van der Waals surface area contributed by atoms with Crippen LogP contribution < -0.4 is 5.32 Å². The molecule has 0 fully saturated rings. The molecule has 0 radical (unpaired) electrons. The lowest BCUT2D eigenvalue weighted by Crippen LogP contribution is -2.42. The highest BCUT2D eigenvalue weighted by Crippen LogP contribution is 2.38. The molecule has 0 aromatic carbocycles. The second-order valence-electron chi connectivity index (χ2n) is 3.95. The number of hydrogen-bond acceptors (Lipinski definition) is 3. The van der Waals surface area contributed by atoms with Crippen LogP contribution in [-0.2, 0) is 4.74 Å². The second kappa shape index (κ2) is 6.01. The molecule has 1 heterocycles. The number of rotatable bonds is 6.